The lowest BCUT2D eigenvalue weighted by Crippen LogP contribution is -2.52. The quantitative estimate of drug-likeness (QED) is 0.837. The van der Waals surface area contributed by atoms with E-state index < -0.39 is 10.0 Å². The van der Waals surface area contributed by atoms with E-state index in [2.05, 4.69) is 10.2 Å². The number of hydrogen-bond donors (Lipinski definition) is 1. The molecular formula is C15H29N3O2S. The Labute approximate surface area is 129 Å². The maximum Gasteiger partial charge on any atom is 0.215 e. The number of rotatable bonds is 4. The first kappa shape index (κ1) is 15.7. The van der Waals surface area contributed by atoms with Gasteiger partial charge in [0.1, 0.15) is 0 Å². The lowest BCUT2D eigenvalue weighted by Gasteiger charge is -2.43. The molecule has 6 heteroatoms. The van der Waals surface area contributed by atoms with Crippen LogP contribution in [0.5, 0.6) is 0 Å². The molecule has 0 bridgehead atoms. The first-order chi connectivity index (χ1) is 10.2. The molecule has 0 aromatic carbocycles. The average molecular weight is 315 g/mol. The van der Waals surface area contributed by atoms with Crippen LogP contribution in [0.2, 0.25) is 0 Å². The van der Waals surface area contributed by atoms with Crippen molar-refractivity contribution < 1.29 is 8.42 Å². The van der Waals surface area contributed by atoms with Gasteiger partial charge in [0, 0.05) is 45.3 Å². The summed E-state index contributed by atoms with van der Waals surface area (Å²) in [5.41, 5.74) is 0. The number of nitrogens with one attached hydrogen (secondary N) is 1. The second-order valence-corrected chi connectivity index (χ2v) is 8.81. The Morgan fingerprint density at radius 3 is 2.48 bits per heavy atom. The molecule has 2 atom stereocenters. The van der Waals surface area contributed by atoms with Crippen LogP contribution >= 0.6 is 0 Å². The van der Waals surface area contributed by atoms with Gasteiger partial charge >= 0.3 is 0 Å². The van der Waals surface area contributed by atoms with Gasteiger partial charge in [-0.15, -0.1) is 0 Å². The van der Waals surface area contributed by atoms with Crippen LogP contribution in [-0.4, -0.2) is 68.7 Å². The van der Waals surface area contributed by atoms with Crippen LogP contribution in [0.1, 0.15) is 38.5 Å². The van der Waals surface area contributed by atoms with Crippen molar-refractivity contribution in [2.75, 3.05) is 45.0 Å². The summed E-state index contributed by atoms with van der Waals surface area (Å²) in [4.78, 5) is 2.27. The van der Waals surface area contributed by atoms with Crippen LogP contribution in [0, 0.1) is 5.92 Å². The van der Waals surface area contributed by atoms with Crippen LogP contribution in [0.25, 0.3) is 0 Å². The number of hydrogen-bond acceptors (Lipinski definition) is 4. The van der Waals surface area contributed by atoms with Crippen LogP contribution in [0.15, 0.2) is 0 Å². The minimum Gasteiger partial charge on any atom is -0.314 e. The molecule has 0 amide bonds. The fraction of sp³-hybridized carbons (Fsp3) is 1.00. The maximum absolute atomic E-state index is 12.8. The minimum absolute atomic E-state index is 0.302. The molecule has 2 unspecified atom stereocenters. The predicted octanol–water partition coefficient (Wildman–Crippen LogP) is 0.876. The summed E-state index contributed by atoms with van der Waals surface area (Å²) < 4.78 is 27.4. The zero-order valence-electron chi connectivity index (χ0n) is 13.0. The summed E-state index contributed by atoms with van der Waals surface area (Å²) in [5.74, 6) is 0.928. The standard InChI is InChI=1S/C15H29N3O2S/c19-21(20,13-12-17-10-7-16-8-11-17)18-9-3-5-14-4-1-2-6-15(14)18/h14-16H,1-13H2. The lowest BCUT2D eigenvalue weighted by molar-refractivity contribution is 0.128. The molecule has 2 saturated heterocycles. The van der Waals surface area contributed by atoms with Gasteiger partial charge in [-0.25, -0.2) is 8.42 Å². The van der Waals surface area contributed by atoms with E-state index in [4.69, 9.17) is 0 Å². The summed E-state index contributed by atoms with van der Waals surface area (Å²) in [5, 5.41) is 3.31. The number of sulfonamides is 1. The van der Waals surface area contributed by atoms with E-state index in [0.717, 1.165) is 45.6 Å². The predicted molar refractivity (Wildman–Crippen MR) is 84.8 cm³/mol. The number of nitrogens with zero attached hydrogens (tertiary/aromatic N) is 2. The summed E-state index contributed by atoms with van der Waals surface area (Å²) in [6.07, 6.45) is 7.08. The molecular weight excluding hydrogens is 286 g/mol. The van der Waals surface area contributed by atoms with Crippen molar-refractivity contribution in [2.45, 2.75) is 44.6 Å². The van der Waals surface area contributed by atoms with Gasteiger partial charge in [0.25, 0.3) is 0 Å². The van der Waals surface area contributed by atoms with E-state index in [1.54, 1.807) is 0 Å². The van der Waals surface area contributed by atoms with Gasteiger partial charge in [-0.3, -0.25) is 4.90 Å². The summed E-state index contributed by atoms with van der Waals surface area (Å²) in [7, 11) is -3.08. The Kier molecular flexibility index (Phi) is 5.19. The summed E-state index contributed by atoms with van der Waals surface area (Å²) in [6.45, 7) is 5.36. The van der Waals surface area contributed by atoms with Crippen LogP contribution < -0.4 is 5.32 Å². The largest absolute Gasteiger partial charge is 0.314 e. The molecule has 1 aliphatic carbocycles. The molecule has 1 N–H and O–H groups in total. The molecule has 21 heavy (non-hydrogen) atoms. The first-order valence-electron chi connectivity index (χ1n) is 8.59. The third-order valence-corrected chi connectivity index (χ3v) is 7.29. The highest BCUT2D eigenvalue weighted by atomic mass is 32.2. The second-order valence-electron chi connectivity index (χ2n) is 6.77. The van der Waals surface area contributed by atoms with Gasteiger partial charge in [-0.2, -0.15) is 4.31 Å². The number of fused-ring (bicyclic) bond motifs is 1. The smallest absolute Gasteiger partial charge is 0.215 e. The molecule has 122 valence electrons. The Hall–Kier alpha value is -0.170. The van der Waals surface area contributed by atoms with Gasteiger partial charge in [0.15, 0.2) is 0 Å². The first-order valence-corrected chi connectivity index (χ1v) is 10.2. The van der Waals surface area contributed by atoms with E-state index in [1.807, 2.05) is 4.31 Å². The Balaban J connectivity index is 1.60. The fourth-order valence-electron chi connectivity index (χ4n) is 4.22. The van der Waals surface area contributed by atoms with Crippen molar-refractivity contribution in [2.24, 2.45) is 5.92 Å². The zero-order valence-corrected chi connectivity index (χ0v) is 13.8. The van der Waals surface area contributed by atoms with E-state index in [9.17, 15) is 8.42 Å². The maximum atomic E-state index is 12.8. The fourth-order valence-corrected chi connectivity index (χ4v) is 6.04. The van der Waals surface area contributed by atoms with Crippen molar-refractivity contribution in [1.29, 1.82) is 0 Å². The van der Waals surface area contributed by atoms with Crippen molar-refractivity contribution in [3.05, 3.63) is 0 Å². The highest BCUT2D eigenvalue weighted by molar-refractivity contribution is 7.89. The van der Waals surface area contributed by atoms with Gasteiger partial charge < -0.3 is 5.32 Å². The Bertz CT molecular complexity index is 432. The molecule has 0 aromatic rings. The highest BCUT2D eigenvalue weighted by Crippen LogP contribution is 2.36. The third kappa shape index (κ3) is 3.78. The molecule has 0 spiro atoms. The van der Waals surface area contributed by atoms with Gasteiger partial charge in [0.05, 0.1) is 5.75 Å². The SMILES string of the molecule is O=S(=O)(CCN1CCNCC1)N1CCCC2CCCCC21. The Morgan fingerprint density at radius 1 is 0.952 bits per heavy atom. The third-order valence-electron chi connectivity index (χ3n) is 5.42. The van der Waals surface area contributed by atoms with Crippen LogP contribution in [-0.2, 0) is 10.0 Å². The van der Waals surface area contributed by atoms with Gasteiger partial charge in [-0.1, -0.05) is 12.8 Å². The van der Waals surface area contributed by atoms with Crippen LogP contribution in [0.4, 0.5) is 0 Å². The zero-order chi connectivity index (χ0) is 14.7. The van der Waals surface area contributed by atoms with Gasteiger partial charge in [0.2, 0.25) is 10.0 Å². The highest BCUT2D eigenvalue weighted by Gasteiger charge is 2.39. The average Bonchev–Trinajstić information content (AvgIpc) is 2.53. The molecule has 3 rings (SSSR count). The van der Waals surface area contributed by atoms with Crippen molar-refractivity contribution in [3.8, 4) is 0 Å². The van der Waals surface area contributed by atoms with Crippen molar-refractivity contribution in [1.82, 2.24) is 14.5 Å². The topological polar surface area (TPSA) is 52.7 Å². The molecule has 0 radical (unpaired) electrons. The lowest BCUT2D eigenvalue weighted by atomic mass is 9.79. The molecule has 0 aromatic heterocycles. The van der Waals surface area contributed by atoms with Crippen molar-refractivity contribution in [3.63, 3.8) is 0 Å². The molecule has 1 saturated carbocycles. The van der Waals surface area contributed by atoms with Crippen molar-refractivity contribution >= 4 is 10.0 Å². The van der Waals surface area contributed by atoms with E-state index in [1.165, 1.54) is 25.7 Å². The normalized spacial score (nSPS) is 32.8. The van der Waals surface area contributed by atoms with Gasteiger partial charge in [-0.05, 0) is 31.6 Å². The monoisotopic (exact) mass is 315 g/mol. The molecule has 2 heterocycles. The summed E-state index contributed by atoms with van der Waals surface area (Å²) >= 11 is 0. The van der Waals surface area contributed by atoms with E-state index in [-0.39, 0.29) is 0 Å². The van der Waals surface area contributed by atoms with E-state index in [0.29, 0.717) is 24.3 Å². The molecule has 3 aliphatic rings. The number of piperidine rings is 1. The Morgan fingerprint density at radius 2 is 1.67 bits per heavy atom. The molecule has 5 nitrogen and oxygen atoms in total. The second kappa shape index (κ2) is 6.94. The van der Waals surface area contributed by atoms with Crippen LogP contribution in [0.3, 0.4) is 0 Å². The summed E-state index contributed by atoms with van der Waals surface area (Å²) in [6, 6.07) is 0.306. The molecule has 3 fully saturated rings. The number of piperazine rings is 1. The molecule has 2 aliphatic heterocycles. The minimum atomic E-state index is -3.08. The van der Waals surface area contributed by atoms with E-state index >= 15 is 0 Å².